The van der Waals surface area contributed by atoms with Gasteiger partial charge < -0.3 is 35.6 Å². The van der Waals surface area contributed by atoms with Crippen molar-refractivity contribution < 1.29 is 35.1 Å². The molecule has 0 spiro atoms. The summed E-state index contributed by atoms with van der Waals surface area (Å²) in [6.45, 7) is -0.871. The Morgan fingerprint density at radius 1 is 1.20 bits per heavy atom. The van der Waals surface area contributed by atoms with E-state index in [2.05, 4.69) is 15.8 Å². The fourth-order valence-corrected chi connectivity index (χ4v) is 1.74. The minimum absolute atomic E-state index is 0.0891. The number of rotatable bonds is 10. The fraction of sp³-hybridized carbons (Fsp3) is 0.467. The average molecular weight is 357 g/mol. The standard InChI is InChI=1S/C15H23N3O7/c1-25-10-4-2-9(3-5-10)16-7-13(22)18-17-6-11(20)14(23)15(24)12(21)8-19/h2-6,11-12,14-16,19-21,23-24H,7-8H2,1H3,(H,18,22)/b17-6+/t11-,12+,14+,15-/m0/s1. The summed E-state index contributed by atoms with van der Waals surface area (Å²) in [6.07, 6.45) is -6.00. The molecule has 4 atom stereocenters. The first-order valence-electron chi connectivity index (χ1n) is 7.42. The molecule has 140 valence electrons. The van der Waals surface area contributed by atoms with E-state index in [1.54, 1.807) is 31.4 Å². The summed E-state index contributed by atoms with van der Waals surface area (Å²) in [5.74, 6) is 0.172. The van der Waals surface area contributed by atoms with Crippen LogP contribution in [-0.2, 0) is 4.79 Å². The molecule has 1 amide bonds. The maximum absolute atomic E-state index is 11.6. The number of aliphatic hydroxyl groups excluding tert-OH is 5. The zero-order valence-electron chi connectivity index (χ0n) is 13.6. The monoisotopic (exact) mass is 357 g/mol. The smallest absolute Gasteiger partial charge is 0.259 e. The Morgan fingerprint density at radius 3 is 2.40 bits per heavy atom. The Labute approximate surface area is 144 Å². The van der Waals surface area contributed by atoms with E-state index >= 15 is 0 Å². The largest absolute Gasteiger partial charge is 0.497 e. The minimum atomic E-state index is -1.78. The topological polar surface area (TPSA) is 164 Å². The van der Waals surface area contributed by atoms with Crippen LogP contribution < -0.4 is 15.5 Å². The number of amides is 1. The summed E-state index contributed by atoms with van der Waals surface area (Å²) in [5.41, 5.74) is 2.81. The maximum Gasteiger partial charge on any atom is 0.259 e. The molecular weight excluding hydrogens is 334 g/mol. The summed E-state index contributed by atoms with van der Waals surface area (Å²) in [5, 5.41) is 52.7. The first-order valence-corrected chi connectivity index (χ1v) is 7.42. The van der Waals surface area contributed by atoms with Crippen molar-refractivity contribution in [2.45, 2.75) is 24.4 Å². The number of methoxy groups -OCH3 is 1. The number of carbonyl (C=O) groups is 1. The molecule has 1 aromatic rings. The zero-order chi connectivity index (χ0) is 18.8. The van der Waals surface area contributed by atoms with Gasteiger partial charge >= 0.3 is 0 Å². The lowest BCUT2D eigenvalue weighted by Crippen LogP contribution is -2.46. The lowest BCUT2D eigenvalue weighted by molar-refractivity contribution is -0.119. The molecular formula is C15H23N3O7. The molecule has 0 radical (unpaired) electrons. The van der Waals surface area contributed by atoms with Crippen LogP contribution in [-0.4, -0.2) is 82.3 Å². The molecule has 10 heteroatoms. The quantitative estimate of drug-likeness (QED) is 0.181. The molecule has 0 heterocycles. The Morgan fingerprint density at radius 2 is 1.84 bits per heavy atom. The number of hydrogen-bond donors (Lipinski definition) is 7. The number of nitrogens with zero attached hydrogens (tertiary/aromatic N) is 1. The highest BCUT2D eigenvalue weighted by Crippen LogP contribution is 2.14. The van der Waals surface area contributed by atoms with Crippen molar-refractivity contribution in [3.8, 4) is 5.75 Å². The van der Waals surface area contributed by atoms with Crippen molar-refractivity contribution in [3.63, 3.8) is 0 Å². The maximum atomic E-state index is 11.6. The zero-order valence-corrected chi connectivity index (χ0v) is 13.6. The predicted molar refractivity (Wildman–Crippen MR) is 89.2 cm³/mol. The van der Waals surface area contributed by atoms with Crippen LogP contribution in [0.25, 0.3) is 0 Å². The second-order valence-corrected chi connectivity index (χ2v) is 5.12. The Balaban J connectivity index is 2.37. The van der Waals surface area contributed by atoms with Crippen molar-refractivity contribution in [2.75, 3.05) is 25.6 Å². The second-order valence-electron chi connectivity index (χ2n) is 5.12. The molecule has 10 nitrogen and oxygen atoms in total. The third-order valence-electron chi connectivity index (χ3n) is 3.24. The fourth-order valence-electron chi connectivity index (χ4n) is 1.74. The van der Waals surface area contributed by atoms with Gasteiger partial charge in [-0.15, -0.1) is 0 Å². The van der Waals surface area contributed by atoms with Gasteiger partial charge in [0.2, 0.25) is 0 Å². The number of hydrazone groups is 1. The number of aliphatic hydroxyl groups is 5. The molecule has 0 bridgehead atoms. The highest BCUT2D eigenvalue weighted by Gasteiger charge is 2.29. The van der Waals surface area contributed by atoms with Crippen LogP contribution >= 0.6 is 0 Å². The molecule has 0 aliphatic rings. The van der Waals surface area contributed by atoms with Gasteiger partial charge in [-0.2, -0.15) is 5.10 Å². The van der Waals surface area contributed by atoms with Crippen LogP contribution in [0.15, 0.2) is 29.4 Å². The highest BCUT2D eigenvalue weighted by atomic mass is 16.5. The third kappa shape index (κ3) is 7.03. The molecule has 1 rings (SSSR count). The number of benzene rings is 1. The van der Waals surface area contributed by atoms with Crippen LogP contribution in [0.5, 0.6) is 5.75 Å². The molecule has 1 aromatic carbocycles. The van der Waals surface area contributed by atoms with Gasteiger partial charge in [0.15, 0.2) is 0 Å². The Kier molecular flexibility index (Phi) is 8.81. The van der Waals surface area contributed by atoms with E-state index in [9.17, 15) is 20.1 Å². The summed E-state index contributed by atoms with van der Waals surface area (Å²) in [7, 11) is 1.54. The Hall–Kier alpha value is -2.24. The van der Waals surface area contributed by atoms with E-state index < -0.39 is 36.9 Å². The second kappa shape index (κ2) is 10.6. The summed E-state index contributed by atoms with van der Waals surface area (Å²) in [6, 6.07) is 6.90. The first-order chi connectivity index (χ1) is 11.9. The molecule has 25 heavy (non-hydrogen) atoms. The molecule has 7 N–H and O–H groups in total. The van der Waals surface area contributed by atoms with E-state index in [0.717, 1.165) is 6.21 Å². The first kappa shape index (κ1) is 20.8. The van der Waals surface area contributed by atoms with Gasteiger partial charge in [0.05, 0.1) is 26.5 Å². The molecule has 0 unspecified atom stereocenters. The number of hydrogen-bond acceptors (Lipinski definition) is 9. The molecule has 0 fully saturated rings. The normalized spacial score (nSPS) is 16.1. The van der Waals surface area contributed by atoms with E-state index in [4.69, 9.17) is 14.9 Å². The van der Waals surface area contributed by atoms with Crippen LogP contribution in [0.1, 0.15) is 0 Å². The van der Waals surface area contributed by atoms with Crippen LogP contribution in [0, 0.1) is 0 Å². The van der Waals surface area contributed by atoms with Crippen molar-refractivity contribution >= 4 is 17.8 Å². The SMILES string of the molecule is COc1ccc(NCC(=O)N/N=C/[C@H](O)[C@@H](O)[C@@H](O)[C@H](O)CO)cc1. The van der Waals surface area contributed by atoms with Gasteiger partial charge in [-0.1, -0.05) is 0 Å². The van der Waals surface area contributed by atoms with E-state index in [0.29, 0.717) is 11.4 Å². The van der Waals surface area contributed by atoms with Crippen LogP contribution in [0.3, 0.4) is 0 Å². The lowest BCUT2D eigenvalue weighted by atomic mass is 10.0. The van der Waals surface area contributed by atoms with Crippen molar-refractivity contribution in [1.29, 1.82) is 0 Å². The van der Waals surface area contributed by atoms with E-state index in [1.165, 1.54) is 0 Å². The van der Waals surface area contributed by atoms with Crippen molar-refractivity contribution in [1.82, 2.24) is 5.43 Å². The van der Waals surface area contributed by atoms with Crippen LogP contribution in [0.4, 0.5) is 5.69 Å². The number of carbonyl (C=O) groups excluding carboxylic acids is 1. The summed E-state index contributed by atoms with van der Waals surface area (Å²) in [4.78, 5) is 11.6. The van der Waals surface area contributed by atoms with Gasteiger partial charge in [0.25, 0.3) is 5.91 Å². The third-order valence-corrected chi connectivity index (χ3v) is 3.24. The molecule has 0 aromatic heterocycles. The van der Waals surface area contributed by atoms with Crippen LogP contribution in [0.2, 0.25) is 0 Å². The predicted octanol–water partition coefficient (Wildman–Crippen LogP) is -2.35. The van der Waals surface area contributed by atoms with Gasteiger partial charge in [-0.3, -0.25) is 4.79 Å². The number of ether oxygens (including phenoxy) is 1. The number of nitrogens with one attached hydrogen (secondary N) is 2. The van der Waals surface area contributed by atoms with E-state index in [1.807, 2.05) is 0 Å². The minimum Gasteiger partial charge on any atom is -0.497 e. The molecule has 0 aliphatic carbocycles. The highest BCUT2D eigenvalue weighted by molar-refractivity contribution is 5.81. The van der Waals surface area contributed by atoms with Gasteiger partial charge in [0, 0.05) is 5.69 Å². The molecule has 0 aliphatic heterocycles. The number of anilines is 1. The van der Waals surface area contributed by atoms with Gasteiger partial charge in [-0.05, 0) is 24.3 Å². The van der Waals surface area contributed by atoms with Crippen molar-refractivity contribution in [2.24, 2.45) is 5.10 Å². The molecule has 0 saturated heterocycles. The summed E-state index contributed by atoms with van der Waals surface area (Å²) < 4.78 is 5.01. The van der Waals surface area contributed by atoms with Gasteiger partial charge in [-0.25, -0.2) is 5.43 Å². The van der Waals surface area contributed by atoms with E-state index in [-0.39, 0.29) is 6.54 Å². The van der Waals surface area contributed by atoms with Crippen molar-refractivity contribution in [3.05, 3.63) is 24.3 Å². The molecule has 0 saturated carbocycles. The average Bonchev–Trinajstić information content (AvgIpc) is 2.64. The van der Waals surface area contributed by atoms with Gasteiger partial charge in [0.1, 0.15) is 30.2 Å². The summed E-state index contributed by atoms with van der Waals surface area (Å²) >= 11 is 0. The lowest BCUT2D eigenvalue weighted by Gasteiger charge is -2.23. The Bertz CT molecular complexity index is 553.